The number of carboxylic acids is 3. The number of carbonyl (C=O) groups is 3. The van der Waals surface area contributed by atoms with E-state index in [0.717, 1.165) is 18.2 Å². The Labute approximate surface area is 105 Å². The van der Waals surface area contributed by atoms with Crippen LogP contribution in [0.25, 0.3) is 0 Å². The molecule has 1 N–H and O–H groups in total. The molecule has 0 aliphatic carbocycles. The third-order valence-electron chi connectivity index (χ3n) is 1.65. The summed E-state index contributed by atoms with van der Waals surface area (Å²) in [5.74, 6) is -4.73. The second kappa shape index (κ2) is 5.45. The minimum atomic E-state index is -1.65. The van der Waals surface area contributed by atoms with Gasteiger partial charge in [-0.05, 0) is 29.3 Å². The fourth-order valence-corrected chi connectivity index (χ4v) is 0.987. The van der Waals surface area contributed by atoms with Gasteiger partial charge in [0.2, 0.25) is 0 Å². The molecule has 0 amide bonds. The molecule has 1 rings (SSSR count). The van der Waals surface area contributed by atoms with E-state index in [-0.39, 0.29) is 22.4 Å². The van der Waals surface area contributed by atoms with Gasteiger partial charge in [-0.1, -0.05) is 0 Å². The molecule has 0 aromatic heterocycles. The monoisotopic (exact) mass is 315 g/mol. The van der Waals surface area contributed by atoms with Crippen LogP contribution in [0.2, 0.25) is 0 Å². The molecule has 0 saturated heterocycles. The first-order valence-electron chi connectivity index (χ1n) is 3.73. The summed E-state index contributed by atoms with van der Waals surface area (Å²) in [5, 5.41) is 29.4. The van der Waals surface area contributed by atoms with Crippen molar-refractivity contribution in [3.63, 3.8) is 0 Å². The van der Waals surface area contributed by atoms with E-state index in [1.165, 1.54) is 0 Å². The molecular weight excluding hydrogens is 312 g/mol. The Bertz CT molecular complexity index is 374. The van der Waals surface area contributed by atoms with Gasteiger partial charge in [-0.25, -0.2) is 4.79 Å². The van der Waals surface area contributed by atoms with E-state index in [2.05, 4.69) is 0 Å². The maximum Gasteiger partial charge on any atom is 0.335 e. The van der Waals surface area contributed by atoms with E-state index in [4.69, 9.17) is 5.11 Å². The number of rotatable bonds is 3. The molecule has 1 radical (unpaired) electrons. The second-order valence-corrected chi connectivity index (χ2v) is 2.68. The Balaban J connectivity index is 0.00000225. The zero-order chi connectivity index (χ0) is 11.6. The average molecular weight is 316 g/mol. The van der Waals surface area contributed by atoms with E-state index in [0.29, 0.717) is 0 Å². The third kappa shape index (κ3) is 3.20. The van der Waals surface area contributed by atoms with Gasteiger partial charge in [0.1, 0.15) is 0 Å². The summed E-state index contributed by atoms with van der Waals surface area (Å²) in [6.07, 6.45) is 0. The Kier molecular flexibility index (Phi) is 4.90. The molecule has 0 bridgehead atoms. The molecule has 0 aliphatic heterocycles. The van der Waals surface area contributed by atoms with E-state index in [1.807, 2.05) is 0 Å². The molecule has 1 aromatic carbocycles. The Morgan fingerprint density at radius 2 is 1.19 bits per heavy atom. The van der Waals surface area contributed by atoms with Gasteiger partial charge in [-0.2, -0.15) is 0 Å². The molecule has 89 valence electrons. The van der Waals surface area contributed by atoms with Crippen molar-refractivity contribution in [2.24, 2.45) is 0 Å². The predicted octanol–water partition coefficient (Wildman–Crippen LogP) is -1.89. The van der Waals surface area contributed by atoms with Crippen LogP contribution in [0.15, 0.2) is 18.2 Å². The number of benzene rings is 1. The molecule has 16 heavy (non-hydrogen) atoms. The summed E-state index contributed by atoms with van der Waals surface area (Å²) in [4.78, 5) is 31.4. The van der Waals surface area contributed by atoms with Crippen molar-refractivity contribution in [3.8, 4) is 0 Å². The van der Waals surface area contributed by atoms with Crippen LogP contribution in [-0.2, 0) is 22.4 Å². The molecule has 0 atom stereocenters. The van der Waals surface area contributed by atoms with Crippen molar-refractivity contribution in [1.29, 1.82) is 0 Å². The predicted molar refractivity (Wildman–Crippen MR) is 42.1 cm³/mol. The number of hydrogen-bond donors (Lipinski definition) is 1. The Morgan fingerprint density at radius 3 is 1.44 bits per heavy atom. The van der Waals surface area contributed by atoms with Gasteiger partial charge in [-0.3, -0.25) is 0 Å². The van der Waals surface area contributed by atoms with Crippen molar-refractivity contribution in [2.45, 2.75) is 0 Å². The van der Waals surface area contributed by atoms with Crippen molar-refractivity contribution >= 4 is 17.9 Å². The van der Waals surface area contributed by atoms with Gasteiger partial charge >= 0.3 is 5.97 Å². The van der Waals surface area contributed by atoms with E-state index in [9.17, 15) is 24.6 Å². The minimum absolute atomic E-state index is 0. The summed E-state index contributed by atoms with van der Waals surface area (Å²) in [6, 6.07) is 2.39. The molecule has 0 heterocycles. The van der Waals surface area contributed by atoms with Crippen LogP contribution in [0.3, 0.4) is 0 Å². The largest absolute Gasteiger partial charge is 0.545 e. The molecule has 1 aromatic rings. The van der Waals surface area contributed by atoms with Crippen molar-refractivity contribution in [1.82, 2.24) is 0 Å². The summed E-state index contributed by atoms with van der Waals surface area (Å²) in [7, 11) is 0. The van der Waals surface area contributed by atoms with Gasteiger partial charge in [0.25, 0.3) is 0 Å². The van der Waals surface area contributed by atoms with Gasteiger partial charge in [0, 0.05) is 22.4 Å². The smallest absolute Gasteiger partial charge is 0.335 e. The quantitative estimate of drug-likeness (QED) is 0.652. The average Bonchev–Trinajstić information content (AvgIpc) is 2.16. The molecule has 0 unspecified atom stereocenters. The maximum absolute atomic E-state index is 10.5. The van der Waals surface area contributed by atoms with E-state index in [1.54, 1.807) is 0 Å². The van der Waals surface area contributed by atoms with Gasteiger partial charge in [0.15, 0.2) is 0 Å². The summed E-state index contributed by atoms with van der Waals surface area (Å²) in [5.41, 5.74) is -1.49. The molecule has 7 heteroatoms. The maximum atomic E-state index is 10.5. The normalized spacial score (nSPS) is 9.00. The van der Waals surface area contributed by atoms with Crippen molar-refractivity contribution < 1.29 is 52.1 Å². The summed E-state index contributed by atoms with van der Waals surface area (Å²) >= 11 is 0. The van der Waals surface area contributed by atoms with Crippen LogP contribution in [0.1, 0.15) is 31.1 Å². The minimum Gasteiger partial charge on any atom is -0.545 e. The van der Waals surface area contributed by atoms with Crippen LogP contribution in [0.5, 0.6) is 0 Å². The topological polar surface area (TPSA) is 118 Å². The number of hydrogen-bond acceptors (Lipinski definition) is 5. The SMILES string of the molecule is O=C([O-])c1cc(C(=O)[O-])cc(C(=O)O)c1.[Ag]. The Morgan fingerprint density at radius 1 is 0.875 bits per heavy atom. The zero-order valence-electron chi connectivity index (χ0n) is 7.52. The van der Waals surface area contributed by atoms with Crippen LogP contribution in [0, 0.1) is 0 Å². The first-order chi connectivity index (χ1) is 6.91. The molecule has 0 spiro atoms. The van der Waals surface area contributed by atoms with E-state index >= 15 is 0 Å². The van der Waals surface area contributed by atoms with Gasteiger partial charge < -0.3 is 24.9 Å². The molecule has 6 nitrogen and oxygen atoms in total. The molecular formula is C9H4AgO6-2. The number of carboxylic acid groups (broad SMARTS) is 3. The first kappa shape index (κ1) is 14.4. The first-order valence-corrected chi connectivity index (χ1v) is 3.73. The number of carbonyl (C=O) groups excluding carboxylic acids is 2. The standard InChI is InChI=1S/C9H6O6.Ag/c10-7(11)4-1-5(8(12)13)3-6(2-4)9(14)15;/h1-3H,(H,10,11)(H,12,13)(H,14,15);/p-2. The Hall–Kier alpha value is -1.63. The molecule has 0 fully saturated rings. The van der Waals surface area contributed by atoms with Crippen molar-refractivity contribution in [2.75, 3.05) is 0 Å². The van der Waals surface area contributed by atoms with Crippen LogP contribution in [0.4, 0.5) is 0 Å². The second-order valence-electron chi connectivity index (χ2n) is 2.68. The molecule has 0 aliphatic rings. The fourth-order valence-electron chi connectivity index (χ4n) is 0.987. The van der Waals surface area contributed by atoms with Crippen LogP contribution in [-0.4, -0.2) is 23.0 Å². The van der Waals surface area contributed by atoms with Gasteiger partial charge in [-0.15, -0.1) is 0 Å². The zero-order valence-corrected chi connectivity index (χ0v) is 9.00. The van der Waals surface area contributed by atoms with Crippen molar-refractivity contribution in [3.05, 3.63) is 34.9 Å². The molecule has 0 saturated carbocycles. The van der Waals surface area contributed by atoms with E-state index < -0.39 is 34.6 Å². The van der Waals surface area contributed by atoms with Gasteiger partial charge in [0.05, 0.1) is 17.5 Å². The fraction of sp³-hybridized carbons (Fsp3) is 0. The van der Waals surface area contributed by atoms with Crippen LogP contribution >= 0.6 is 0 Å². The van der Waals surface area contributed by atoms with Crippen LogP contribution < -0.4 is 10.2 Å². The third-order valence-corrected chi connectivity index (χ3v) is 1.65. The number of aromatic carboxylic acids is 3. The summed E-state index contributed by atoms with van der Waals surface area (Å²) in [6.45, 7) is 0. The summed E-state index contributed by atoms with van der Waals surface area (Å²) < 4.78 is 0.